The van der Waals surface area contributed by atoms with Gasteiger partial charge in [0, 0.05) is 23.9 Å². The molecule has 8 heteroatoms. The summed E-state index contributed by atoms with van der Waals surface area (Å²) in [6.07, 6.45) is 2.22. The van der Waals surface area contributed by atoms with Crippen molar-refractivity contribution in [2.75, 3.05) is 4.90 Å². The topological polar surface area (TPSA) is 68.1 Å². The van der Waals surface area contributed by atoms with Gasteiger partial charge in [-0.2, -0.15) is 0 Å². The largest absolute Gasteiger partial charge is 0.299 e. The van der Waals surface area contributed by atoms with Crippen LogP contribution in [0, 0.1) is 5.82 Å². The van der Waals surface area contributed by atoms with Crippen molar-refractivity contribution in [1.29, 1.82) is 0 Å². The van der Waals surface area contributed by atoms with E-state index in [4.69, 9.17) is 4.98 Å². The zero-order valence-electron chi connectivity index (χ0n) is 19.4. The van der Waals surface area contributed by atoms with E-state index in [1.807, 2.05) is 47.8 Å². The molecular weight excluding hydrogens is 475 g/mol. The summed E-state index contributed by atoms with van der Waals surface area (Å²) in [5.41, 5.74) is 3.09. The molecular formula is C28H23FN4O2S. The Morgan fingerprint density at radius 1 is 0.972 bits per heavy atom. The third-order valence-corrected chi connectivity index (χ3v) is 6.73. The fraction of sp³-hybridized carbons (Fsp3) is 0.143. The van der Waals surface area contributed by atoms with Gasteiger partial charge >= 0.3 is 0 Å². The molecule has 0 N–H and O–H groups in total. The molecule has 3 aromatic carbocycles. The maximum absolute atomic E-state index is 13.4. The molecule has 0 fully saturated rings. The second-order valence-corrected chi connectivity index (χ2v) is 9.19. The Balaban J connectivity index is 1.34. The smallest absolute Gasteiger partial charge is 0.261 e. The first kappa shape index (κ1) is 23.6. The summed E-state index contributed by atoms with van der Waals surface area (Å²) in [6.45, 7) is 0.651. The van der Waals surface area contributed by atoms with Gasteiger partial charge in [-0.1, -0.05) is 54.6 Å². The standard InChI is InChI=1S/C28H23FN4O2S/c29-22-14-12-20(13-15-22)17-33(28-31-25(18-36-28)21-7-2-1-3-8-21)26(34)11-6-16-32-19-30-24-10-5-4-9-23(24)27(32)35/h1-5,7-10,12-15,18-19H,6,11,16-17H2. The number of fused-ring (bicyclic) bond motifs is 1. The molecule has 6 nitrogen and oxygen atoms in total. The van der Waals surface area contributed by atoms with Crippen molar-refractivity contribution < 1.29 is 9.18 Å². The molecule has 0 aliphatic rings. The number of benzene rings is 3. The Labute approximate surface area is 211 Å². The minimum absolute atomic E-state index is 0.116. The van der Waals surface area contributed by atoms with Gasteiger partial charge in [-0.05, 0) is 36.2 Å². The number of aromatic nitrogens is 3. The maximum atomic E-state index is 13.4. The second kappa shape index (κ2) is 10.6. The normalized spacial score (nSPS) is 11.0. The van der Waals surface area contributed by atoms with E-state index in [9.17, 15) is 14.0 Å². The quantitative estimate of drug-likeness (QED) is 0.276. The van der Waals surface area contributed by atoms with E-state index in [-0.39, 0.29) is 30.2 Å². The molecule has 0 saturated carbocycles. The van der Waals surface area contributed by atoms with E-state index >= 15 is 0 Å². The molecule has 2 aromatic heterocycles. The lowest BCUT2D eigenvalue weighted by molar-refractivity contribution is -0.118. The number of nitrogens with zero attached hydrogens (tertiary/aromatic N) is 4. The van der Waals surface area contributed by atoms with Crippen LogP contribution in [-0.2, 0) is 17.9 Å². The van der Waals surface area contributed by atoms with Crippen molar-refractivity contribution in [2.24, 2.45) is 0 Å². The number of para-hydroxylation sites is 1. The van der Waals surface area contributed by atoms with Gasteiger partial charge in [-0.15, -0.1) is 11.3 Å². The summed E-state index contributed by atoms with van der Waals surface area (Å²) < 4.78 is 15.0. The van der Waals surface area contributed by atoms with Crippen LogP contribution in [0.5, 0.6) is 0 Å². The average Bonchev–Trinajstić information content (AvgIpc) is 3.40. The highest BCUT2D eigenvalue weighted by atomic mass is 32.1. The van der Waals surface area contributed by atoms with Gasteiger partial charge in [0.15, 0.2) is 5.13 Å². The van der Waals surface area contributed by atoms with E-state index in [1.165, 1.54) is 34.4 Å². The zero-order valence-corrected chi connectivity index (χ0v) is 20.2. The molecule has 36 heavy (non-hydrogen) atoms. The van der Waals surface area contributed by atoms with Crippen LogP contribution in [0.4, 0.5) is 9.52 Å². The number of amides is 1. The summed E-state index contributed by atoms with van der Waals surface area (Å²) in [6, 6.07) is 23.1. The number of carbonyl (C=O) groups is 1. The van der Waals surface area contributed by atoms with E-state index in [0.717, 1.165) is 16.8 Å². The van der Waals surface area contributed by atoms with Gasteiger partial charge in [0.1, 0.15) is 5.82 Å². The van der Waals surface area contributed by atoms with Gasteiger partial charge in [-0.3, -0.25) is 19.1 Å². The van der Waals surface area contributed by atoms with E-state index < -0.39 is 0 Å². The third-order valence-electron chi connectivity index (χ3n) is 5.87. The number of hydrogen-bond donors (Lipinski definition) is 0. The molecule has 5 rings (SSSR count). The molecule has 0 unspecified atom stereocenters. The molecule has 0 saturated heterocycles. The fourth-order valence-electron chi connectivity index (χ4n) is 3.97. The molecule has 0 atom stereocenters. The highest BCUT2D eigenvalue weighted by molar-refractivity contribution is 7.14. The molecule has 0 spiro atoms. The number of hydrogen-bond acceptors (Lipinski definition) is 5. The van der Waals surface area contributed by atoms with Crippen LogP contribution in [0.2, 0.25) is 0 Å². The zero-order chi connectivity index (χ0) is 24.9. The first-order valence-corrected chi connectivity index (χ1v) is 12.5. The van der Waals surface area contributed by atoms with E-state index in [2.05, 4.69) is 4.98 Å². The molecule has 0 aliphatic carbocycles. The van der Waals surface area contributed by atoms with E-state index in [1.54, 1.807) is 29.2 Å². The average molecular weight is 499 g/mol. The molecule has 180 valence electrons. The maximum Gasteiger partial charge on any atom is 0.261 e. The monoisotopic (exact) mass is 498 g/mol. The number of thiazole rings is 1. The van der Waals surface area contributed by atoms with Gasteiger partial charge in [0.2, 0.25) is 5.91 Å². The summed E-state index contributed by atoms with van der Waals surface area (Å²) in [7, 11) is 0. The van der Waals surface area contributed by atoms with Gasteiger partial charge in [0.05, 0.1) is 29.5 Å². The van der Waals surface area contributed by atoms with Crippen molar-refractivity contribution >= 4 is 33.3 Å². The van der Waals surface area contributed by atoms with Crippen LogP contribution in [0.1, 0.15) is 18.4 Å². The summed E-state index contributed by atoms with van der Waals surface area (Å²) in [5.74, 6) is -0.443. The highest BCUT2D eigenvalue weighted by Crippen LogP contribution is 2.29. The van der Waals surface area contributed by atoms with Gasteiger partial charge in [-0.25, -0.2) is 14.4 Å². The lowest BCUT2D eigenvalue weighted by Crippen LogP contribution is -2.30. The van der Waals surface area contributed by atoms with Crippen LogP contribution in [0.3, 0.4) is 0 Å². The lowest BCUT2D eigenvalue weighted by atomic mass is 10.2. The van der Waals surface area contributed by atoms with Crippen molar-refractivity contribution in [3.05, 3.63) is 112 Å². The van der Waals surface area contributed by atoms with Crippen molar-refractivity contribution in [2.45, 2.75) is 25.9 Å². The van der Waals surface area contributed by atoms with Crippen LogP contribution >= 0.6 is 11.3 Å². The first-order valence-electron chi connectivity index (χ1n) is 11.6. The summed E-state index contributed by atoms with van der Waals surface area (Å²) in [4.78, 5) is 36.8. The van der Waals surface area contributed by atoms with Crippen molar-refractivity contribution in [3.63, 3.8) is 0 Å². The van der Waals surface area contributed by atoms with Crippen molar-refractivity contribution in [1.82, 2.24) is 14.5 Å². The lowest BCUT2D eigenvalue weighted by Gasteiger charge is -2.20. The molecule has 0 aliphatic heterocycles. The van der Waals surface area contributed by atoms with Gasteiger partial charge < -0.3 is 0 Å². The number of anilines is 1. The SMILES string of the molecule is O=C(CCCn1cnc2ccccc2c1=O)N(Cc1ccc(F)cc1)c1nc(-c2ccccc2)cs1. The highest BCUT2D eigenvalue weighted by Gasteiger charge is 2.20. The first-order chi connectivity index (χ1) is 17.6. The number of aryl methyl sites for hydroxylation is 1. The molecule has 0 bridgehead atoms. The van der Waals surface area contributed by atoms with Crippen molar-refractivity contribution in [3.8, 4) is 11.3 Å². The summed E-state index contributed by atoms with van der Waals surface area (Å²) >= 11 is 1.39. The Morgan fingerprint density at radius 2 is 1.72 bits per heavy atom. The van der Waals surface area contributed by atoms with E-state index in [0.29, 0.717) is 29.0 Å². The predicted molar refractivity (Wildman–Crippen MR) is 140 cm³/mol. The minimum atomic E-state index is -0.327. The third kappa shape index (κ3) is 5.23. The second-order valence-electron chi connectivity index (χ2n) is 8.35. The minimum Gasteiger partial charge on any atom is -0.299 e. The Hall–Kier alpha value is -4.17. The Morgan fingerprint density at radius 3 is 2.53 bits per heavy atom. The number of halogens is 1. The molecule has 0 radical (unpaired) electrons. The van der Waals surface area contributed by atoms with Crippen LogP contribution < -0.4 is 10.5 Å². The Kier molecular flexibility index (Phi) is 6.95. The molecule has 2 heterocycles. The fourth-order valence-corrected chi connectivity index (χ4v) is 4.82. The number of rotatable bonds is 8. The van der Waals surface area contributed by atoms with Crippen LogP contribution in [0.15, 0.2) is 95.4 Å². The summed E-state index contributed by atoms with van der Waals surface area (Å²) in [5, 5.41) is 3.06. The van der Waals surface area contributed by atoms with Crippen LogP contribution in [0.25, 0.3) is 22.2 Å². The number of carbonyl (C=O) groups excluding carboxylic acids is 1. The predicted octanol–water partition coefficient (Wildman–Crippen LogP) is 5.67. The Bertz CT molecular complexity index is 1550. The molecule has 1 amide bonds. The van der Waals surface area contributed by atoms with Gasteiger partial charge in [0.25, 0.3) is 5.56 Å². The van der Waals surface area contributed by atoms with Crippen LogP contribution in [-0.4, -0.2) is 20.4 Å². The molecule has 5 aromatic rings.